The molecule has 0 aliphatic carbocycles. The van der Waals surface area contributed by atoms with E-state index in [0.29, 0.717) is 0 Å². The summed E-state index contributed by atoms with van der Waals surface area (Å²) in [6, 6.07) is 6.39. The third kappa shape index (κ3) is 3.51. The summed E-state index contributed by atoms with van der Waals surface area (Å²) in [4.78, 5) is 12.2. The number of thiophene rings is 1. The zero-order valence-electron chi connectivity index (χ0n) is 11.9. The maximum atomic E-state index is 9.41. The Balaban J connectivity index is 1.60. The van der Waals surface area contributed by atoms with Crippen LogP contribution in [0.1, 0.15) is 17.7 Å². The summed E-state index contributed by atoms with van der Waals surface area (Å²) in [5.74, 6) is 1.75. The minimum absolute atomic E-state index is 0.186. The summed E-state index contributed by atoms with van der Waals surface area (Å²) in [6.45, 7) is 2.00. The Kier molecular flexibility index (Phi) is 4.67. The van der Waals surface area contributed by atoms with E-state index in [-0.39, 0.29) is 12.6 Å². The molecule has 0 radical (unpaired) electrons. The molecule has 2 N–H and O–H groups in total. The average molecular weight is 304 g/mol. The van der Waals surface area contributed by atoms with Gasteiger partial charge in [-0.3, -0.25) is 0 Å². The van der Waals surface area contributed by atoms with Crippen molar-refractivity contribution in [2.45, 2.75) is 25.3 Å². The number of nitrogens with one attached hydrogen (secondary N) is 1. The van der Waals surface area contributed by atoms with Gasteiger partial charge in [-0.25, -0.2) is 9.97 Å². The minimum atomic E-state index is 0.186. The first-order valence-electron chi connectivity index (χ1n) is 7.32. The van der Waals surface area contributed by atoms with E-state index in [2.05, 4.69) is 37.7 Å². The highest BCUT2D eigenvalue weighted by atomic mass is 32.1. The van der Waals surface area contributed by atoms with Crippen molar-refractivity contribution in [3.05, 3.63) is 34.8 Å². The molecule has 2 aromatic heterocycles. The van der Waals surface area contributed by atoms with Crippen LogP contribution >= 0.6 is 11.3 Å². The molecule has 3 rings (SSSR count). The molecular formula is C15H20N4OS. The predicted molar refractivity (Wildman–Crippen MR) is 86.0 cm³/mol. The summed E-state index contributed by atoms with van der Waals surface area (Å²) in [6.07, 6.45) is 4.73. The van der Waals surface area contributed by atoms with Gasteiger partial charge in [-0.2, -0.15) is 0 Å². The number of aliphatic hydroxyl groups excluding tert-OH is 1. The van der Waals surface area contributed by atoms with Crippen LogP contribution in [0.2, 0.25) is 0 Å². The molecular weight excluding hydrogens is 284 g/mol. The Bertz CT molecular complexity index is 561. The fraction of sp³-hybridized carbons (Fsp3) is 0.467. The quantitative estimate of drug-likeness (QED) is 0.856. The van der Waals surface area contributed by atoms with Crippen molar-refractivity contribution in [1.29, 1.82) is 0 Å². The standard InChI is InChI=1S/C15H20N4OS/c20-10-12-3-1-7-19(12)15-9-14(17-11-18-15)16-6-5-13-4-2-8-21-13/h2,4,8-9,11-12,20H,1,3,5-7,10H2,(H,16,17,18)/t12-/m0/s1. The highest BCUT2D eigenvalue weighted by Crippen LogP contribution is 2.24. The summed E-state index contributed by atoms with van der Waals surface area (Å²) in [7, 11) is 0. The number of aromatic nitrogens is 2. The molecule has 1 aliphatic heterocycles. The van der Waals surface area contributed by atoms with Gasteiger partial charge in [-0.15, -0.1) is 11.3 Å². The summed E-state index contributed by atoms with van der Waals surface area (Å²) in [5, 5.41) is 14.9. The number of nitrogens with zero attached hydrogens (tertiary/aromatic N) is 3. The zero-order chi connectivity index (χ0) is 14.5. The lowest BCUT2D eigenvalue weighted by molar-refractivity contribution is 0.266. The second-order valence-electron chi connectivity index (χ2n) is 5.19. The van der Waals surface area contributed by atoms with Crippen molar-refractivity contribution in [3.8, 4) is 0 Å². The average Bonchev–Trinajstić information content (AvgIpc) is 3.18. The maximum absolute atomic E-state index is 9.41. The first kappa shape index (κ1) is 14.3. The van der Waals surface area contributed by atoms with Crippen LogP contribution in [0.5, 0.6) is 0 Å². The van der Waals surface area contributed by atoms with Crippen molar-refractivity contribution >= 4 is 23.0 Å². The van der Waals surface area contributed by atoms with Crippen LogP contribution in [-0.4, -0.2) is 40.8 Å². The van der Waals surface area contributed by atoms with Gasteiger partial charge >= 0.3 is 0 Å². The SMILES string of the molecule is OC[C@@H]1CCCN1c1cc(NCCc2cccs2)ncn1. The predicted octanol–water partition coefficient (Wildman–Crippen LogP) is 2.15. The van der Waals surface area contributed by atoms with Crippen LogP contribution in [0.3, 0.4) is 0 Å². The van der Waals surface area contributed by atoms with E-state index in [1.807, 2.05) is 6.07 Å². The number of hydrogen-bond donors (Lipinski definition) is 2. The van der Waals surface area contributed by atoms with Crippen LogP contribution in [0, 0.1) is 0 Å². The molecule has 0 unspecified atom stereocenters. The molecule has 1 saturated heterocycles. The summed E-state index contributed by atoms with van der Waals surface area (Å²) in [5.41, 5.74) is 0. The first-order valence-corrected chi connectivity index (χ1v) is 8.20. The third-order valence-corrected chi connectivity index (χ3v) is 4.73. The van der Waals surface area contributed by atoms with Crippen LogP contribution < -0.4 is 10.2 Å². The summed E-state index contributed by atoms with van der Waals surface area (Å²) >= 11 is 1.78. The van der Waals surface area contributed by atoms with Gasteiger partial charge in [-0.1, -0.05) is 6.07 Å². The van der Waals surface area contributed by atoms with Crippen molar-refractivity contribution in [2.75, 3.05) is 29.9 Å². The van der Waals surface area contributed by atoms with Crippen molar-refractivity contribution in [1.82, 2.24) is 9.97 Å². The molecule has 3 heterocycles. The number of aliphatic hydroxyl groups is 1. The van der Waals surface area contributed by atoms with Gasteiger partial charge in [0.05, 0.1) is 12.6 Å². The normalized spacial score (nSPS) is 18.1. The fourth-order valence-electron chi connectivity index (χ4n) is 2.70. The van der Waals surface area contributed by atoms with E-state index in [1.54, 1.807) is 17.7 Å². The molecule has 0 spiro atoms. The van der Waals surface area contributed by atoms with Gasteiger partial charge in [-0.05, 0) is 30.7 Å². The maximum Gasteiger partial charge on any atom is 0.134 e. The highest BCUT2D eigenvalue weighted by molar-refractivity contribution is 7.09. The lowest BCUT2D eigenvalue weighted by atomic mass is 10.2. The molecule has 5 nitrogen and oxygen atoms in total. The van der Waals surface area contributed by atoms with Crippen LogP contribution in [0.25, 0.3) is 0 Å². The molecule has 0 aromatic carbocycles. The lowest BCUT2D eigenvalue weighted by Gasteiger charge is -2.24. The van der Waals surface area contributed by atoms with E-state index in [1.165, 1.54) is 4.88 Å². The van der Waals surface area contributed by atoms with Gasteiger partial charge in [0.2, 0.25) is 0 Å². The molecule has 0 amide bonds. The highest BCUT2D eigenvalue weighted by Gasteiger charge is 2.24. The van der Waals surface area contributed by atoms with Crippen molar-refractivity contribution in [3.63, 3.8) is 0 Å². The monoisotopic (exact) mass is 304 g/mol. The minimum Gasteiger partial charge on any atom is -0.394 e. The first-order chi connectivity index (χ1) is 10.4. The Morgan fingerprint density at radius 3 is 3.19 bits per heavy atom. The summed E-state index contributed by atoms with van der Waals surface area (Å²) < 4.78 is 0. The smallest absolute Gasteiger partial charge is 0.134 e. The Morgan fingerprint density at radius 2 is 2.38 bits per heavy atom. The molecule has 2 aromatic rings. The zero-order valence-corrected chi connectivity index (χ0v) is 12.7. The van der Waals surface area contributed by atoms with Crippen molar-refractivity contribution < 1.29 is 5.11 Å². The van der Waals surface area contributed by atoms with Gasteiger partial charge in [0.1, 0.15) is 18.0 Å². The molecule has 1 atom stereocenters. The Morgan fingerprint density at radius 1 is 1.43 bits per heavy atom. The third-order valence-electron chi connectivity index (χ3n) is 3.79. The van der Waals surface area contributed by atoms with E-state index >= 15 is 0 Å². The molecule has 0 saturated carbocycles. The molecule has 0 bridgehead atoms. The Hall–Kier alpha value is -1.66. The van der Waals surface area contributed by atoms with Crippen LogP contribution in [-0.2, 0) is 6.42 Å². The molecule has 1 aliphatic rings. The number of rotatable bonds is 6. The second kappa shape index (κ2) is 6.87. The van der Waals surface area contributed by atoms with Gasteiger partial charge in [0.15, 0.2) is 0 Å². The molecule has 21 heavy (non-hydrogen) atoms. The van der Waals surface area contributed by atoms with Crippen molar-refractivity contribution in [2.24, 2.45) is 0 Å². The number of anilines is 2. The molecule has 1 fully saturated rings. The Labute approximate surface area is 128 Å². The van der Waals surface area contributed by atoms with Gasteiger partial charge in [0.25, 0.3) is 0 Å². The van der Waals surface area contributed by atoms with Gasteiger partial charge in [0, 0.05) is 24.0 Å². The lowest BCUT2D eigenvalue weighted by Crippen LogP contribution is -2.32. The van der Waals surface area contributed by atoms with E-state index in [4.69, 9.17) is 0 Å². The van der Waals surface area contributed by atoms with Gasteiger partial charge < -0.3 is 15.3 Å². The van der Waals surface area contributed by atoms with E-state index < -0.39 is 0 Å². The number of hydrogen-bond acceptors (Lipinski definition) is 6. The second-order valence-corrected chi connectivity index (χ2v) is 6.22. The topological polar surface area (TPSA) is 61.3 Å². The van der Waals surface area contributed by atoms with Crippen LogP contribution in [0.15, 0.2) is 29.9 Å². The van der Waals surface area contributed by atoms with E-state index in [0.717, 1.165) is 44.0 Å². The largest absolute Gasteiger partial charge is 0.394 e. The molecule has 112 valence electrons. The fourth-order valence-corrected chi connectivity index (χ4v) is 3.41. The molecule has 6 heteroatoms. The van der Waals surface area contributed by atoms with E-state index in [9.17, 15) is 5.11 Å². The van der Waals surface area contributed by atoms with Crippen LogP contribution in [0.4, 0.5) is 11.6 Å².